The van der Waals surface area contributed by atoms with E-state index in [9.17, 15) is 14.0 Å². The first-order valence-electron chi connectivity index (χ1n) is 8.27. The number of ether oxygens (including phenoxy) is 2. The van der Waals surface area contributed by atoms with Gasteiger partial charge in [0.15, 0.2) is 18.2 Å². The van der Waals surface area contributed by atoms with Crippen LogP contribution in [-0.2, 0) is 9.59 Å². The van der Waals surface area contributed by atoms with Gasteiger partial charge in [-0.3, -0.25) is 9.59 Å². The molecule has 0 aliphatic carbocycles. The minimum absolute atomic E-state index is 0.0220. The maximum atomic E-state index is 13.5. The molecule has 0 atom stereocenters. The van der Waals surface area contributed by atoms with E-state index in [1.807, 2.05) is 0 Å². The van der Waals surface area contributed by atoms with E-state index < -0.39 is 5.82 Å². The monoisotopic (exact) mass is 392 g/mol. The molecular weight excluding hydrogens is 375 g/mol. The van der Waals surface area contributed by atoms with Crippen LogP contribution in [0.1, 0.15) is 0 Å². The first-order valence-corrected chi connectivity index (χ1v) is 8.65. The zero-order chi connectivity index (χ0) is 19.4. The van der Waals surface area contributed by atoms with Crippen LogP contribution in [0.25, 0.3) is 0 Å². The van der Waals surface area contributed by atoms with Crippen LogP contribution in [0, 0.1) is 11.7 Å². The second-order valence-electron chi connectivity index (χ2n) is 6.05. The van der Waals surface area contributed by atoms with Crippen molar-refractivity contribution in [2.75, 3.05) is 32.1 Å². The molecule has 6 nitrogen and oxygen atoms in total. The third-order valence-electron chi connectivity index (χ3n) is 4.21. The molecule has 27 heavy (non-hydrogen) atoms. The molecule has 142 valence electrons. The Balaban J connectivity index is 1.49. The normalized spacial score (nSPS) is 13.7. The van der Waals surface area contributed by atoms with Crippen LogP contribution in [0.4, 0.5) is 10.1 Å². The van der Waals surface area contributed by atoms with Crippen molar-refractivity contribution in [2.24, 2.45) is 5.92 Å². The van der Waals surface area contributed by atoms with E-state index in [1.54, 1.807) is 24.3 Å². The van der Waals surface area contributed by atoms with Crippen molar-refractivity contribution >= 4 is 29.1 Å². The number of hydrogen-bond acceptors (Lipinski definition) is 4. The van der Waals surface area contributed by atoms with E-state index in [0.29, 0.717) is 16.5 Å². The van der Waals surface area contributed by atoms with Gasteiger partial charge in [-0.15, -0.1) is 0 Å². The average Bonchev–Trinajstić information content (AvgIpc) is 2.60. The SMILES string of the molecule is COc1ccc(Cl)cc1NC(=O)C1CN(C(=O)COc2ccccc2F)C1. The quantitative estimate of drug-likeness (QED) is 0.820. The smallest absolute Gasteiger partial charge is 0.260 e. The van der Waals surface area contributed by atoms with Crippen LogP contribution < -0.4 is 14.8 Å². The zero-order valence-electron chi connectivity index (χ0n) is 14.6. The van der Waals surface area contributed by atoms with Gasteiger partial charge in [0.05, 0.1) is 18.7 Å². The van der Waals surface area contributed by atoms with E-state index in [-0.39, 0.29) is 43.2 Å². The molecule has 2 amide bonds. The largest absolute Gasteiger partial charge is 0.495 e. The summed E-state index contributed by atoms with van der Waals surface area (Å²) in [6.45, 7) is 0.264. The van der Waals surface area contributed by atoms with Gasteiger partial charge in [-0.05, 0) is 30.3 Å². The Labute approximate surface area is 160 Å². The molecule has 0 bridgehead atoms. The number of hydrogen-bond donors (Lipinski definition) is 1. The number of nitrogens with one attached hydrogen (secondary N) is 1. The minimum Gasteiger partial charge on any atom is -0.495 e. The summed E-state index contributed by atoms with van der Waals surface area (Å²) in [7, 11) is 1.50. The number of benzene rings is 2. The number of methoxy groups -OCH3 is 1. The lowest BCUT2D eigenvalue weighted by molar-refractivity contribution is -0.143. The van der Waals surface area contributed by atoms with Crippen molar-refractivity contribution in [1.82, 2.24) is 4.90 Å². The highest BCUT2D eigenvalue weighted by atomic mass is 35.5. The van der Waals surface area contributed by atoms with Crippen LogP contribution in [-0.4, -0.2) is 43.5 Å². The second kappa shape index (κ2) is 8.26. The number of halogens is 2. The number of rotatable bonds is 6. The van der Waals surface area contributed by atoms with Gasteiger partial charge in [0.2, 0.25) is 5.91 Å². The van der Waals surface area contributed by atoms with Gasteiger partial charge < -0.3 is 19.7 Å². The van der Waals surface area contributed by atoms with E-state index >= 15 is 0 Å². The predicted octanol–water partition coefficient (Wildman–Crippen LogP) is 2.96. The van der Waals surface area contributed by atoms with Gasteiger partial charge in [0, 0.05) is 18.1 Å². The second-order valence-corrected chi connectivity index (χ2v) is 6.49. The van der Waals surface area contributed by atoms with Crippen molar-refractivity contribution in [1.29, 1.82) is 0 Å². The molecule has 0 saturated carbocycles. The summed E-state index contributed by atoms with van der Waals surface area (Å²) in [6, 6.07) is 10.8. The molecule has 1 N–H and O–H groups in total. The van der Waals surface area contributed by atoms with Crippen molar-refractivity contribution in [3.8, 4) is 11.5 Å². The van der Waals surface area contributed by atoms with Crippen LogP contribution >= 0.6 is 11.6 Å². The van der Waals surface area contributed by atoms with Crippen LogP contribution in [0.3, 0.4) is 0 Å². The summed E-state index contributed by atoms with van der Waals surface area (Å²) in [5.41, 5.74) is 0.475. The number of likely N-dealkylation sites (tertiary alicyclic amines) is 1. The number of anilines is 1. The Morgan fingerprint density at radius 3 is 2.67 bits per heavy atom. The lowest BCUT2D eigenvalue weighted by atomic mass is 9.99. The molecule has 2 aromatic carbocycles. The summed E-state index contributed by atoms with van der Waals surface area (Å²) in [5.74, 6) is -0.878. The molecule has 3 rings (SSSR count). The van der Waals surface area contributed by atoms with Crippen LogP contribution in [0.15, 0.2) is 42.5 Å². The average molecular weight is 393 g/mol. The molecule has 0 unspecified atom stereocenters. The van der Waals surface area contributed by atoms with Gasteiger partial charge in [0.1, 0.15) is 5.75 Å². The van der Waals surface area contributed by atoms with E-state index in [2.05, 4.69) is 5.32 Å². The van der Waals surface area contributed by atoms with Crippen LogP contribution in [0.5, 0.6) is 11.5 Å². The zero-order valence-corrected chi connectivity index (χ0v) is 15.3. The number of carbonyl (C=O) groups excluding carboxylic acids is 2. The molecule has 1 aliphatic rings. The Morgan fingerprint density at radius 2 is 1.96 bits per heavy atom. The van der Waals surface area contributed by atoms with Crippen molar-refractivity contribution in [3.05, 3.63) is 53.3 Å². The van der Waals surface area contributed by atoms with Crippen molar-refractivity contribution in [3.63, 3.8) is 0 Å². The molecule has 1 heterocycles. The molecule has 2 aromatic rings. The molecule has 1 saturated heterocycles. The Hall–Kier alpha value is -2.80. The number of amides is 2. The summed E-state index contributed by atoms with van der Waals surface area (Å²) in [6.07, 6.45) is 0. The lowest BCUT2D eigenvalue weighted by Gasteiger charge is -2.38. The molecule has 0 spiro atoms. The fourth-order valence-corrected chi connectivity index (χ4v) is 2.83. The van der Waals surface area contributed by atoms with Gasteiger partial charge in [-0.2, -0.15) is 0 Å². The Kier molecular flexibility index (Phi) is 5.81. The topological polar surface area (TPSA) is 67.9 Å². The lowest BCUT2D eigenvalue weighted by Crippen LogP contribution is -2.55. The summed E-state index contributed by atoms with van der Waals surface area (Å²) >= 11 is 5.95. The van der Waals surface area contributed by atoms with Crippen molar-refractivity contribution in [2.45, 2.75) is 0 Å². The maximum absolute atomic E-state index is 13.5. The predicted molar refractivity (Wildman–Crippen MR) is 98.6 cm³/mol. The Morgan fingerprint density at radius 1 is 1.22 bits per heavy atom. The fourth-order valence-electron chi connectivity index (χ4n) is 2.65. The van der Waals surface area contributed by atoms with Gasteiger partial charge in [-0.25, -0.2) is 4.39 Å². The maximum Gasteiger partial charge on any atom is 0.260 e. The summed E-state index contributed by atoms with van der Waals surface area (Å²) < 4.78 is 23.9. The molecule has 8 heteroatoms. The third-order valence-corrected chi connectivity index (χ3v) is 4.45. The molecule has 1 fully saturated rings. The standard InChI is InChI=1S/C19H18ClFN2O4/c1-26-17-7-6-13(20)8-15(17)22-19(25)12-9-23(10-12)18(24)11-27-16-5-3-2-4-14(16)21/h2-8,12H,9-11H2,1H3,(H,22,25). The molecule has 0 aromatic heterocycles. The Bertz CT molecular complexity index is 855. The van der Waals surface area contributed by atoms with Gasteiger partial charge in [0.25, 0.3) is 5.91 Å². The first kappa shape index (κ1) is 19.0. The molecule has 1 aliphatic heterocycles. The highest BCUT2D eigenvalue weighted by Crippen LogP contribution is 2.29. The van der Waals surface area contributed by atoms with Gasteiger partial charge in [-0.1, -0.05) is 23.7 Å². The third kappa shape index (κ3) is 4.49. The molecule has 0 radical (unpaired) electrons. The van der Waals surface area contributed by atoms with Crippen LogP contribution in [0.2, 0.25) is 5.02 Å². The molecular formula is C19H18ClFN2O4. The van der Waals surface area contributed by atoms with Crippen molar-refractivity contribution < 1.29 is 23.5 Å². The van der Waals surface area contributed by atoms with E-state index in [1.165, 1.54) is 30.2 Å². The number of carbonyl (C=O) groups is 2. The number of nitrogens with zero attached hydrogens (tertiary/aromatic N) is 1. The minimum atomic E-state index is -0.526. The first-order chi connectivity index (χ1) is 13.0. The summed E-state index contributed by atoms with van der Waals surface area (Å²) in [5, 5.41) is 3.24. The highest BCUT2D eigenvalue weighted by Gasteiger charge is 2.36. The van der Waals surface area contributed by atoms with Gasteiger partial charge >= 0.3 is 0 Å². The van der Waals surface area contributed by atoms with E-state index in [4.69, 9.17) is 21.1 Å². The highest BCUT2D eigenvalue weighted by molar-refractivity contribution is 6.31. The summed E-state index contributed by atoms with van der Waals surface area (Å²) in [4.78, 5) is 25.9. The van der Waals surface area contributed by atoms with E-state index in [0.717, 1.165) is 0 Å². The fraction of sp³-hybridized carbons (Fsp3) is 0.263. The number of para-hydroxylation sites is 1.